The summed E-state index contributed by atoms with van der Waals surface area (Å²) in [6.07, 6.45) is -20.2. The van der Waals surface area contributed by atoms with Crippen LogP contribution >= 0.6 is 0 Å². The molecule has 3 rings (SSSR count). The number of phenols is 2. The first kappa shape index (κ1) is 99.1. The number of guanidine groups is 3. The molecule has 1 aliphatic rings. The fraction of sp³-hybridized carbons (Fsp3) is 0.525. The number of carboxylic acids is 4. The predicted molar refractivity (Wildman–Crippen MR) is 356 cm³/mol. The van der Waals surface area contributed by atoms with Gasteiger partial charge in [0.15, 0.2) is 17.9 Å². The van der Waals surface area contributed by atoms with Gasteiger partial charge >= 0.3 is 54.6 Å². The summed E-state index contributed by atoms with van der Waals surface area (Å²) in [5, 5.41) is 71.9. The Morgan fingerprint density at radius 3 is 1.44 bits per heavy atom. The van der Waals surface area contributed by atoms with Crippen molar-refractivity contribution in [3.63, 3.8) is 0 Å². The minimum atomic E-state index is -5.08. The Balaban J connectivity index is 0. The maximum Gasteiger partial charge on any atom is 0.490 e. The van der Waals surface area contributed by atoms with E-state index in [0.29, 0.717) is 24.0 Å². The van der Waals surface area contributed by atoms with E-state index in [-0.39, 0.29) is 126 Å². The van der Waals surface area contributed by atoms with Gasteiger partial charge in [0.25, 0.3) is 0 Å². The van der Waals surface area contributed by atoms with E-state index in [0.717, 1.165) is 0 Å². The number of amides is 10. The quantitative estimate of drug-likeness (QED) is 0.0278. The average molecular weight is 1590 g/mol. The molecule has 50 heteroatoms. The number of halogens is 12. The number of phenolic OH excluding ortho intramolecular Hbond substituents is 2. The summed E-state index contributed by atoms with van der Waals surface area (Å²) >= 11 is 0. The number of primary amides is 1. The van der Waals surface area contributed by atoms with Gasteiger partial charge in [0.05, 0.1) is 12.5 Å². The molecule has 0 aliphatic carbocycles. The maximum absolute atomic E-state index is 14.7. The van der Waals surface area contributed by atoms with Gasteiger partial charge in [0.1, 0.15) is 47.8 Å². The molecule has 2 aromatic carbocycles. The number of carboxylic acid groups (broad SMARTS) is 4. The molecule has 109 heavy (non-hydrogen) atoms. The smallest absolute Gasteiger partial charge is 0.490 e. The molecule has 0 radical (unpaired) electrons. The fourth-order valence-electron chi connectivity index (χ4n) is 8.06. The van der Waals surface area contributed by atoms with Crippen LogP contribution in [0.25, 0.3) is 0 Å². The number of nitrogens with one attached hydrogen (secondary N) is 9. The zero-order valence-electron chi connectivity index (χ0n) is 57.7. The standard InChI is InChI=1S/C51H81N19O11.4C2HF3O2/c1-28(2)24-38(46(79)65-35(9-6-22-61-49(56)57)43(76)67-37(41(53)74)25-29-11-15-31(71)16-12-29)68-45(78)36-10-7-23-62-50(58)70-51(81)63-20-4-3-19-59-40(73)27-33(52)42(75)64-34(8-5-21-60-48(54)55)44(77)69-39(47(80)66-36)26-30-13-17-32(72)18-14-30;4*3-2(4,5)1(6)7/h11-18,28,33-39,71-72H,3-10,19-27,52H2,1-2H3,(H2,53,74)(H,59,73)(H,64,75)(H,65,79)(H,66,80)(H,67,76)(H,68,78)(H,69,77)(H4,54,55,60)(H4,56,57,61)(H4,58,62,63,70,81);4*(H,6,7)/t33-,34+,35+,36+,37+,38+,39+;;;;/m1..../s1. The third-order valence-corrected chi connectivity index (χ3v) is 13.3. The van der Waals surface area contributed by atoms with E-state index >= 15 is 0 Å². The number of carbonyl (C=O) groups excluding carboxylic acids is 9. The zero-order valence-corrected chi connectivity index (χ0v) is 57.7. The molecule has 614 valence electrons. The monoisotopic (exact) mass is 1590 g/mol. The highest BCUT2D eigenvalue weighted by molar-refractivity contribution is 5.98. The van der Waals surface area contributed by atoms with Gasteiger partial charge in [-0.3, -0.25) is 58.7 Å². The van der Waals surface area contributed by atoms with Gasteiger partial charge in [-0.2, -0.15) is 52.7 Å². The predicted octanol–water partition coefficient (Wildman–Crippen LogP) is -2.01. The summed E-state index contributed by atoms with van der Waals surface area (Å²) in [6, 6.07) is 1.19. The number of aliphatic imine (C=N–C) groups is 3. The van der Waals surface area contributed by atoms with Gasteiger partial charge in [-0.1, -0.05) is 38.1 Å². The fourth-order valence-corrected chi connectivity index (χ4v) is 8.06. The van der Waals surface area contributed by atoms with Crippen LogP contribution in [0.3, 0.4) is 0 Å². The molecule has 0 saturated heterocycles. The summed E-state index contributed by atoms with van der Waals surface area (Å²) in [5.41, 5.74) is 40.9. The van der Waals surface area contributed by atoms with E-state index in [9.17, 15) is 106 Å². The van der Waals surface area contributed by atoms with Crippen molar-refractivity contribution < 1.29 is 146 Å². The van der Waals surface area contributed by atoms with Crippen LogP contribution in [0.15, 0.2) is 63.5 Å². The molecule has 38 nitrogen and oxygen atoms in total. The number of nitrogens with two attached hydrogens (primary N) is 7. The van der Waals surface area contributed by atoms with Crippen molar-refractivity contribution in [3.05, 3.63) is 59.7 Å². The summed E-state index contributed by atoms with van der Waals surface area (Å²) < 4.78 is 127. The van der Waals surface area contributed by atoms with Crippen LogP contribution < -0.4 is 88.0 Å². The molecule has 0 saturated carbocycles. The van der Waals surface area contributed by atoms with Gasteiger partial charge in [-0.05, 0) is 99.1 Å². The van der Waals surface area contributed by atoms with Crippen LogP contribution in [0.2, 0.25) is 0 Å². The minimum absolute atomic E-state index is 0.00403. The summed E-state index contributed by atoms with van der Waals surface area (Å²) in [7, 11) is 0. The lowest BCUT2D eigenvalue weighted by Gasteiger charge is -2.28. The molecule has 0 spiro atoms. The molecule has 0 fully saturated rings. The molecular weight excluding hydrogens is 1510 g/mol. The Labute approximate surface area is 610 Å². The van der Waals surface area contributed by atoms with Crippen molar-refractivity contribution in [2.45, 2.75) is 158 Å². The number of alkyl halides is 12. The lowest BCUT2D eigenvalue weighted by Crippen LogP contribution is -2.60. The van der Waals surface area contributed by atoms with Gasteiger partial charge in [0.2, 0.25) is 47.3 Å². The van der Waals surface area contributed by atoms with Crippen LogP contribution in [0.5, 0.6) is 11.5 Å². The van der Waals surface area contributed by atoms with Gasteiger partial charge < -0.3 is 113 Å². The molecule has 10 amide bonds. The van der Waals surface area contributed by atoms with Crippen molar-refractivity contribution in [2.24, 2.45) is 61.0 Å². The van der Waals surface area contributed by atoms with Crippen LogP contribution in [-0.2, 0) is 70.4 Å². The number of hydrogen-bond acceptors (Lipinski definition) is 20. The molecule has 7 atom stereocenters. The topological polar surface area (TPSA) is 671 Å². The van der Waals surface area contributed by atoms with E-state index in [1.165, 1.54) is 36.4 Å². The van der Waals surface area contributed by atoms with Crippen molar-refractivity contribution in [1.29, 1.82) is 0 Å². The number of hydrogen-bond donors (Lipinski definition) is 22. The van der Waals surface area contributed by atoms with E-state index in [1.807, 2.05) is 0 Å². The second-order valence-corrected chi connectivity index (χ2v) is 22.9. The van der Waals surface area contributed by atoms with Crippen LogP contribution in [0.4, 0.5) is 57.5 Å². The highest BCUT2D eigenvalue weighted by Crippen LogP contribution is 2.18. The zero-order chi connectivity index (χ0) is 84.3. The number of rotatable bonds is 21. The molecule has 0 bridgehead atoms. The normalized spacial score (nSPS) is 17.4. The third kappa shape index (κ3) is 47.3. The highest BCUT2D eigenvalue weighted by atomic mass is 19.4. The number of aromatic hydroxyl groups is 2. The first-order valence-corrected chi connectivity index (χ1v) is 31.5. The Morgan fingerprint density at radius 2 is 0.991 bits per heavy atom. The Kier molecular flexibility index (Phi) is 44.6. The highest BCUT2D eigenvalue weighted by Gasteiger charge is 2.41. The van der Waals surface area contributed by atoms with Gasteiger partial charge in [0, 0.05) is 45.6 Å². The van der Waals surface area contributed by atoms with E-state index in [1.54, 1.807) is 26.0 Å². The van der Waals surface area contributed by atoms with Gasteiger partial charge in [-0.15, -0.1) is 0 Å². The van der Waals surface area contributed by atoms with E-state index in [2.05, 4.69) is 62.8 Å². The second kappa shape index (κ2) is 49.0. The van der Waals surface area contributed by atoms with Crippen LogP contribution in [-0.4, -0.2) is 225 Å². The molecule has 1 heterocycles. The first-order chi connectivity index (χ1) is 50.2. The van der Waals surface area contributed by atoms with Crippen LogP contribution in [0, 0.1) is 5.92 Å². The molecule has 1 aliphatic heterocycles. The number of carbonyl (C=O) groups is 13. The lowest BCUT2D eigenvalue weighted by molar-refractivity contribution is -0.193. The number of aliphatic carboxylic acids is 4. The SMILES string of the molecule is CC(C)C[C@H](NC(=O)[C@@H]1CCCN=C(N)NC(=O)NCCCCNC(=O)C[C@@H](N)C(=O)N[C@@H](CCCN=C(N)N)C(=O)N[C@@H](Cc2ccc(O)cc2)C(=O)N1)C(=O)N[C@@H](CCCN=C(N)N)C(=O)N[C@@H](Cc1ccc(O)cc1)C(N)=O.O=C(O)C(F)(F)F.O=C(O)C(F)(F)F.O=C(O)C(F)(F)F.O=C(O)C(F)(F)F. The van der Waals surface area contributed by atoms with Crippen molar-refractivity contribution in [3.8, 4) is 11.5 Å². The van der Waals surface area contributed by atoms with E-state index in [4.69, 9.17) is 79.7 Å². The number of nitrogens with zero attached hydrogens (tertiary/aromatic N) is 3. The summed E-state index contributed by atoms with van der Waals surface area (Å²) in [4.78, 5) is 171. The van der Waals surface area contributed by atoms with Gasteiger partial charge in [-0.25, -0.2) is 24.0 Å². The largest absolute Gasteiger partial charge is 0.508 e. The van der Waals surface area contributed by atoms with Crippen molar-refractivity contribution >= 4 is 95.0 Å². The number of benzene rings is 2. The Morgan fingerprint density at radius 1 is 0.569 bits per heavy atom. The summed E-state index contributed by atoms with van der Waals surface area (Å²) in [5.74, 6) is -18.7. The average Bonchev–Trinajstić information content (AvgIpc) is 0.875. The molecule has 0 aromatic heterocycles. The van der Waals surface area contributed by atoms with Crippen LogP contribution in [0.1, 0.15) is 89.2 Å². The van der Waals surface area contributed by atoms with E-state index < -0.39 is 151 Å². The molecule has 2 aromatic rings. The van der Waals surface area contributed by atoms with Crippen molar-refractivity contribution in [1.82, 2.24) is 47.9 Å². The lowest BCUT2D eigenvalue weighted by atomic mass is 10.00. The Bertz CT molecular complexity index is 3320. The third-order valence-electron chi connectivity index (χ3n) is 13.3. The molecular formula is C59H85F12N19O19. The number of urea groups is 1. The molecule has 0 unspecified atom stereocenters. The first-order valence-electron chi connectivity index (χ1n) is 31.5. The minimum Gasteiger partial charge on any atom is -0.508 e. The maximum atomic E-state index is 14.7. The Hall–Kier alpha value is -11.9. The second-order valence-electron chi connectivity index (χ2n) is 22.9. The van der Waals surface area contributed by atoms with Crippen molar-refractivity contribution in [2.75, 3.05) is 32.7 Å². The summed E-state index contributed by atoms with van der Waals surface area (Å²) in [6.45, 7) is 3.94. The molecule has 29 N–H and O–H groups in total.